The van der Waals surface area contributed by atoms with Crippen molar-refractivity contribution in [2.24, 2.45) is 5.41 Å². The van der Waals surface area contributed by atoms with Crippen molar-refractivity contribution in [1.29, 1.82) is 0 Å². The van der Waals surface area contributed by atoms with Crippen LogP contribution in [0.15, 0.2) is 42.5 Å². The van der Waals surface area contributed by atoms with Gasteiger partial charge < -0.3 is 5.11 Å². The lowest BCUT2D eigenvalue weighted by molar-refractivity contribution is 0.243. The molecular formula is C26H24F2N6O. The van der Waals surface area contributed by atoms with Crippen LogP contribution in [0.25, 0.3) is 22.8 Å². The van der Waals surface area contributed by atoms with E-state index >= 15 is 0 Å². The molecule has 0 aliphatic heterocycles. The van der Waals surface area contributed by atoms with Gasteiger partial charge in [0.1, 0.15) is 23.2 Å². The quantitative estimate of drug-likeness (QED) is 0.446. The number of hydrogen-bond donors (Lipinski definition) is 2. The number of aliphatic hydroxyl groups excluding tert-OH is 1. The Balaban J connectivity index is 1.48. The van der Waals surface area contributed by atoms with Gasteiger partial charge in [0.2, 0.25) is 0 Å². The second-order valence-electron chi connectivity index (χ2n) is 9.84. The summed E-state index contributed by atoms with van der Waals surface area (Å²) in [7, 11) is 0. The Labute approximate surface area is 200 Å². The largest absolute Gasteiger partial charge is 0.396 e. The number of H-pyrrole nitrogens is 1. The summed E-state index contributed by atoms with van der Waals surface area (Å²) in [6.45, 7) is 4.39. The highest BCUT2D eigenvalue weighted by atomic mass is 19.1. The van der Waals surface area contributed by atoms with Crippen LogP contribution in [0.2, 0.25) is 0 Å². The van der Waals surface area contributed by atoms with Gasteiger partial charge in [0.05, 0.1) is 34.7 Å². The number of aromatic amines is 1. The number of nitrogens with one attached hydrogen (secondary N) is 1. The van der Waals surface area contributed by atoms with Gasteiger partial charge in [-0.1, -0.05) is 26.0 Å². The average Bonchev–Trinajstić information content (AvgIpc) is 3.47. The second-order valence-corrected chi connectivity index (χ2v) is 9.84. The molecule has 4 aromatic rings. The number of nitrogens with zero attached hydrogens (tertiary/aromatic N) is 5. The first-order valence-corrected chi connectivity index (χ1v) is 11.7. The Morgan fingerprint density at radius 1 is 1.03 bits per heavy atom. The highest BCUT2D eigenvalue weighted by Crippen LogP contribution is 2.69. The number of aromatic nitrogens is 6. The molecule has 2 aliphatic rings. The van der Waals surface area contributed by atoms with Gasteiger partial charge in [0, 0.05) is 6.42 Å². The maximum absolute atomic E-state index is 14.5. The van der Waals surface area contributed by atoms with Gasteiger partial charge in [-0.15, -0.1) is 5.10 Å². The van der Waals surface area contributed by atoms with Crippen LogP contribution < -0.4 is 0 Å². The summed E-state index contributed by atoms with van der Waals surface area (Å²) < 4.78 is 29.0. The van der Waals surface area contributed by atoms with Gasteiger partial charge >= 0.3 is 0 Å². The molecule has 2 atom stereocenters. The second kappa shape index (κ2) is 7.71. The summed E-state index contributed by atoms with van der Waals surface area (Å²) >= 11 is 0. The number of aliphatic hydroxyl groups is 1. The van der Waals surface area contributed by atoms with Crippen LogP contribution in [0.1, 0.15) is 55.4 Å². The zero-order valence-corrected chi connectivity index (χ0v) is 19.4. The van der Waals surface area contributed by atoms with E-state index in [1.165, 1.54) is 18.2 Å². The number of fused-ring (bicyclic) bond motifs is 5. The lowest BCUT2D eigenvalue weighted by atomic mass is 9.66. The molecule has 6 rings (SSSR count). The zero-order chi connectivity index (χ0) is 24.4. The fourth-order valence-corrected chi connectivity index (χ4v) is 6.18. The maximum Gasteiger partial charge on any atom is 0.199 e. The maximum atomic E-state index is 14.5. The molecule has 0 amide bonds. The van der Waals surface area contributed by atoms with Crippen LogP contribution in [-0.4, -0.2) is 42.1 Å². The highest BCUT2D eigenvalue weighted by molar-refractivity contribution is 5.64. The van der Waals surface area contributed by atoms with Gasteiger partial charge in [0.15, 0.2) is 5.82 Å². The number of pyridine rings is 1. The summed E-state index contributed by atoms with van der Waals surface area (Å²) in [5, 5.41) is 25.2. The van der Waals surface area contributed by atoms with E-state index in [2.05, 4.69) is 39.2 Å². The fourth-order valence-electron chi connectivity index (χ4n) is 6.18. The number of halogens is 2. The predicted octanol–water partition coefficient (Wildman–Crippen LogP) is 4.34. The highest BCUT2D eigenvalue weighted by Gasteiger charge is 2.65. The minimum absolute atomic E-state index is 0.0188. The van der Waals surface area contributed by atoms with E-state index in [4.69, 9.17) is 4.98 Å². The van der Waals surface area contributed by atoms with Crippen LogP contribution in [0.4, 0.5) is 8.78 Å². The SMILES string of the molecule is CC1(C)[C@H]2CC[C@@]1(c1cccc(-c3n[nH]c(CCO)n3)n1)c1nnc(-c3c(F)cccc3F)cc12. The molecule has 0 unspecified atom stereocenters. The van der Waals surface area contributed by atoms with Crippen LogP contribution >= 0.6 is 0 Å². The molecule has 1 aromatic carbocycles. The first kappa shape index (κ1) is 21.9. The van der Waals surface area contributed by atoms with E-state index in [1.807, 2.05) is 18.2 Å². The molecule has 3 heterocycles. The third kappa shape index (κ3) is 3.00. The van der Waals surface area contributed by atoms with Crippen LogP contribution in [-0.2, 0) is 11.8 Å². The van der Waals surface area contributed by atoms with Crippen molar-refractivity contribution in [2.45, 2.75) is 44.4 Å². The number of benzene rings is 1. The lowest BCUT2D eigenvalue weighted by Gasteiger charge is -2.37. The van der Waals surface area contributed by atoms with Crippen LogP contribution in [0, 0.1) is 17.0 Å². The minimum Gasteiger partial charge on any atom is -0.396 e. The molecule has 35 heavy (non-hydrogen) atoms. The van der Waals surface area contributed by atoms with E-state index < -0.39 is 17.0 Å². The zero-order valence-electron chi connectivity index (χ0n) is 19.4. The Bertz CT molecular complexity index is 1430. The average molecular weight is 475 g/mol. The van der Waals surface area contributed by atoms with Crippen molar-refractivity contribution in [1.82, 2.24) is 30.4 Å². The Morgan fingerprint density at radius 3 is 2.57 bits per heavy atom. The van der Waals surface area contributed by atoms with Crippen molar-refractivity contribution >= 4 is 0 Å². The predicted molar refractivity (Wildman–Crippen MR) is 124 cm³/mol. The van der Waals surface area contributed by atoms with Crippen molar-refractivity contribution < 1.29 is 13.9 Å². The summed E-state index contributed by atoms with van der Waals surface area (Å²) in [5.74, 6) is -0.0878. The first-order valence-electron chi connectivity index (χ1n) is 11.7. The topological polar surface area (TPSA) is 100 Å². The van der Waals surface area contributed by atoms with E-state index in [-0.39, 0.29) is 29.2 Å². The van der Waals surface area contributed by atoms with E-state index in [0.29, 0.717) is 23.8 Å². The molecular weight excluding hydrogens is 450 g/mol. The Kier molecular flexibility index (Phi) is 4.83. The van der Waals surface area contributed by atoms with Crippen LogP contribution in [0.3, 0.4) is 0 Å². The molecule has 9 heteroatoms. The molecule has 1 fully saturated rings. The molecule has 2 N–H and O–H groups in total. The first-order chi connectivity index (χ1) is 16.9. The van der Waals surface area contributed by atoms with Crippen molar-refractivity contribution in [3.63, 3.8) is 0 Å². The molecule has 7 nitrogen and oxygen atoms in total. The summed E-state index contributed by atoms with van der Waals surface area (Å²) in [6.07, 6.45) is 2.15. The van der Waals surface area contributed by atoms with E-state index in [1.54, 1.807) is 6.07 Å². The van der Waals surface area contributed by atoms with Gasteiger partial charge in [-0.25, -0.2) is 18.7 Å². The van der Waals surface area contributed by atoms with Crippen molar-refractivity contribution in [3.05, 3.63) is 76.9 Å². The Morgan fingerprint density at radius 2 is 1.80 bits per heavy atom. The summed E-state index contributed by atoms with van der Waals surface area (Å²) in [6, 6.07) is 11.4. The molecule has 0 radical (unpaired) electrons. The molecule has 2 aliphatic carbocycles. The Hall–Kier alpha value is -3.59. The monoisotopic (exact) mass is 474 g/mol. The van der Waals surface area contributed by atoms with Gasteiger partial charge in [-0.2, -0.15) is 10.2 Å². The van der Waals surface area contributed by atoms with Crippen LogP contribution in [0.5, 0.6) is 0 Å². The fraction of sp³-hybridized carbons (Fsp3) is 0.346. The van der Waals surface area contributed by atoms with Gasteiger partial charge in [-0.05, 0) is 60.1 Å². The standard InChI is InChI=1S/C26H24F2N6O/c1-25(2)15-9-11-26(25,20-8-4-7-18(29-20)24-30-21(10-12-35)32-34-24)23-14(15)13-19(31-33-23)22-16(27)5-3-6-17(22)28/h3-8,13,15,35H,9-12H2,1-2H3,(H,30,32,34)/t15-,26+/m0/s1. The van der Waals surface area contributed by atoms with Crippen molar-refractivity contribution in [2.75, 3.05) is 6.61 Å². The normalized spacial score (nSPS) is 21.9. The summed E-state index contributed by atoms with van der Waals surface area (Å²) in [5.41, 5.74) is 2.61. The minimum atomic E-state index is -0.655. The van der Waals surface area contributed by atoms with E-state index in [0.717, 1.165) is 29.8 Å². The molecule has 1 saturated carbocycles. The number of rotatable bonds is 5. The molecule has 178 valence electrons. The summed E-state index contributed by atoms with van der Waals surface area (Å²) in [4.78, 5) is 9.43. The smallest absolute Gasteiger partial charge is 0.199 e. The van der Waals surface area contributed by atoms with Gasteiger partial charge in [0.25, 0.3) is 0 Å². The molecule has 0 spiro atoms. The third-order valence-electron chi connectivity index (χ3n) is 7.90. The molecule has 0 saturated heterocycles. The van der Waals surface area contributed by atoms with Gasteiger partial charge in [-0.3, -0.25) is 5.10 Å². The lowest BCUT2D eigenvalue weighted by Crippen LogP contribution is -2.37. The molecule has 2 bridgehead atoms. The van der Waals surface area contributed by atoms with E-state index in [9.17, 15) is 13.9 Å². The van der Waals surface area contributed by atoms with Crippen molar-refractivity contribution in [3.8, 4) is 22.8 Å². The third-order valence-corrected chi connectivity index (χ3v) is 7.90. The molecule has 3 aromatic heterocycles. The number of hydrogen-bond acceptors (Lipinski definition) is 6.